The van der Waals surface area contributed by atoms with Gasteiger partial charge in [0, 0.05) is 17.4 Å². The standard InChI is InChI=1S/C26H28FN5O3/c1-5-31(15-24(33)29-20-9-7-11-22(13-20)35-4)16-25(34)30-26-23(14-28)17(2)18(3)32(26)21-10-6-8-19(27)12-21/h6-13H,5,15-16H2,1-4H3,(H,29,33)(H,30,34). The van der Waals surface area contributed by atoms with Gasteiger partial charge in [-0.1, -0.05) is 19.1 Å². The largest absolute Gasteiger partial charge is 0.497 e. The zero-order valence-electron chi connectivity index (χ0n) is 20.2. The van der Waals surface area contributed by atoms with Crippen molar-refractivity contribution in [1.82, 2.24) is 9.47 Å². The van der Waals surface area contributed by atoms with Crippen LogP contribution in [0.25, 0.3) is 5.69 Å². The number of carbonyl (C=O) groups excluding carboxylic acids is 2. The number of amides is 2. The van der Waals surface area contributed by atoms with E-state index in [1.807, 2.05) is 6.92 Å². The lowest BCUT2D eigenvalue weighted by atomic mass is 10.2. The lowest BCUT2D eigenvalue weighted by molar-refractivity contribution is -0.119. The summed E-state index contributed by atoms with van der Waals surface area (Å²) in [6.45, 7) is 5.80. The van der Waals surface area contributed by atoms with Gasteiger partial charge in [0.2, 0.25) is 11.8 Å². The van der Waals surface area contributed by atoms with Crippen molar-refractivity contribution >= 4 is 23.3 Å². The summed E-state index contributed by atoms with van der Waals surface area (Å²) in [6, 6.07) is 15.1. The van der Waals surface area contributed by atoms with E-state index in [-0.39, 0.29) is 24.8 Å². The molecule has 35 heavy (non-hydrogen) atoms. The summed E-state index contributed by atoms with van der Waals surface area (Å²) < 4.78 is 20.7. The third-order valence-electron chi connectivity index (χ3n) is 5.68. The molecule has 0 bridgehead atoms. The predicted molar refractivity (Wildman–Crippen MR) is 132 cm³/mol. The smallest absolute Gasteiger partial charge is 0.239 e. The Labute approximate surface area is 203 Å². The normalized spacial score (nSPS) is 10.7. The third-order valence-corrected chi connectivity index (χ3v) is 5.68. The topological polar surface area (TPSA) is 99.4 Å². The van der Waals surface area contributed by atoms with Gasteiger partial charge < -0.3 is 15.4 Å². The lowest BCUT2D eigenvalue weighted by Gasteiger charge is -2.20. The Kier molecular flexibility index (Phi) is 8.23. The number of nitrogens with zero attached hydrogens (tertiary/aromatic N) is 3. The van der Waals surface area contributed by atoms with Gasteiger partial charge in [0.15, 0.2) is 0 Å². The molecule has 182 valence electrons. The second kappa shape index (κ2) is 11.3. The molecule has 0 saturated carbocycles. The zero-order chi connectivity index (χ0) is 25.5. The quantitative estimate of drug-likeness (QED) is 0.485. The minimum absolute atomic E-state index is 0.00476. The SMILES string of the molecule is CCN(CC(=O)Nc1cccc(OC)c1)CC(=O)Nc1c(C#N)c(C)c(C)n1-c1cccc(F)c1. The molecule has 0 aliphatic carbocycles. The minimum Gasteiger partial charge on any atom is -0.497 e. The van der Waals surface area contributed by atoms with E-state index in [1.54, 1.807) is 66.8 Å². The van der Waals surface area contributed by atoms with E-state index in [4.69, 9.17) is 4.74 Å². The molecule has 0 spiro atoms. The van der Waals surface area contributed by atoms with Crippen molar-refractivity contribution in [1.29, 1.82) is 5.26 Å². The van der Waals surface area contributed by atoms with Crippen LogP contribution < -0.4 is 15.4 Å². The molecule has 0 aliphatic rings. The van der Waals surface area contributed by atoms with Crippen molar-refractivity contribution in [2.24, 2.45) is 0 Å². The van der Waals surface area contributed by atoms with Gasteiger partial charge in [-0.15, -0.1) is 0 Å². The first-order valence-corrected chi connectivity index (χ1v) is 11.1. The van der Waals surface area contributed by atoms with Crippen LogP contribution in [0, 0.1) is 31.0 Å². The first kappa shape index (κ1) is 25.5. The number of nitrogens with one attached hydrogen (secondary N) is 2. The number of anilines is 2. The number of rotatable bonds is 9. The second-order valence-electron chi connectivity index (χ2n) is 7.99. The summed E-state index contributed by atoms with van der Waals surface area (Å²) in [7, 11) is 1.55. The molecular formula is C26H28FN5O3. The molecule has 3 rings (SSSR count). The van der Waals surface area contributed by atoms with Crippen LogP contribution >= 0.6 is 0 Å². The molecule has 2 aromatic carbocycles. The van der Waals surface area contributed by atoms with Gasteiger partial charge in [0.1, 0.15) is 23.5 Å². The Hall–Kier alpha value is -4.16. The maximum atomic E-state index is 13.9. The summed E-state index contributed by atoms with van der Waals surface area (Å²) in [5, 5.41) is 15.3. The summed E-state index contributed by atoms with van der Waals surface area (Å²) in [4.78, 5) is 27.2. The number of likely N-dealkylation sites (N-methyl/N-ethyl adjacent to an activating group) is 1. The average Bonchev–Trinajstić information content (AvgIpc) is 3.07. The van der Waals surface area contributed by atoms with Gasteiger partial charge in [0.25, 0.3) is 0 Å². The highest BCUT2D eigenvalue weighted by molar-refractivity contribution is 5.95. The van der Waals surface area contributed by atoms with Crippen LogP contribution in [0.5, 0.6) is 5.75 Å². The Morgan fingerprint density at radius 1 is 1.09 bits per heavy atom. The van der Waals surface area contributed by atoms with E-state index in [0.29, 0.717) is 40.5 Å². The molecule has 0 saturated heterocycles. The van der Waals surface area contributed by atoms with E-state index >= 15 is 0 Å². The zero-order valence-corrected chi connectivity index (χ0v) is 20.2. The van der Waals surface area contributed by atoms with Crippen molar-refractivity contribution in [2.45, 2.75) is 20.8 Å². The molecule has 9 heteroatoms. The fraction of sp³-hybridized carbons (Fsp3) is 0.269. The first-order chi connectivity index (χ1) is 16.8. The number of ether oxygens (including phenoxy) is 1. The van der Waals surface area contributed by atoms with Gasteiger partial charge in [-0.05, 0) is 56.3 Å². The maximum absolute atomic E-state index is 13.9. The summed E-state index contributed by atoms with van der Waals surface area (Å²) >= 11 is 0. The molecule has 1 aromatic heterocycles. The predicted octanol–water partition coefficient (Wildman–Crippen LogP) is 4.01. The lowest BCUT2D eigenvalue weighted by Crippen LogP contribution is -2.39. The molecule has 0 radical (unpaired) electrons. The molecule has 2 N–H and O–H groups in total. The highest BCUT2D eigenvalue weighted by Gasteiger charge is 2.22. The van der Waals surface area contributed by atoms with Crippen molar-refractivity contribution in [3.8, 4) is 17.5 Å². The van der Waals surface area contributed by atoms with Crippen LogP contribution in [0.4, 0.5) is 15.9 Å². The van der Waals surface area contributed by atoms with Crippen LogP contribution in [-0.2, 0) is 9.59 Å². The molecular weight excluding hydrogens is 449 g/mol. The van der Waals surface area contributed by atoms with Crippen LogP contribution in [0.15, 0.2) is 48.5 Å². The monoisotopic (exact) mass is 477 g/mol. The third kappa shape index (κ3) is 6.05. The number of aromatic nitrogens is 1. The van der Waals surface area contributed by atoms with Gasteiger partial charge in [0.05, 0.1) is 31.5 Å². The number of hydrogen-bond donors (Lipinski definition) is 2. The number of halogens is 1. The van der Waals surface area contributed by atoms with Crippen LogP contribution in [0.3, 0.4) is 0 Å². The van der Waals surface area contributed by atoms with Crippen molar-refractivity contribution < 1.29 is 18.7 Å². The van der Waals surface area contributed by atoms with Crippen LogP contribution in [-0.4, -0.2) is 48.0 Å². The van der Waals surface area contributed by atoms with E-state index in [1.165, 1.54) is 12.1 Å². The van der Waals surface area contributed by atoms with Crippen molar-refractivity contribution in [3.05, 3.63) is 71.2 Å². The van der Waals surface area contributed by atoms with Gasteiger partial charge >= 0.3 is 0 Å². The Morgan fingerprint density at radius 2 is 1.77 bits per heavy atom. The fourth-order valence-electron chi connectivity index (χ4n) is 3.76. The molecule has 2 amide bonds. The number of nitriles is 1. The highest BCUT2D eigenvalue weighted by atomic mass is 19.1. The minimum atomic E-state index is -0.428. The number of hydrogen-bond acceptors (Lipinski definition) is 5. The molecule has 0 atom stereocenters. The highest BCUT2D eigenvalue weighted by Crippen LogP contribution is 2.30. The van der Waals surface area contributed by atoms with Crippen molar-refractivity contribution in [3.63, 3.8) is 0 Å². The van der Waals surface area contributed by atoms with Crippen molar-refractivity contribution in [2.75, 3.05) is 37.4 Å². The van der Waals surface area contributed by atoms with E-state index < -0.39 is 11.7 Å². The van der Waals surface area contributed by atoms with Crippen LogP contribution in [0.2, 0.25) is 0 Å². The van der Waals surface area contributed by atoms with Crippen LogP contribution in [0.1, 0.15) is 23.7 Å². The molecule has 0 fully saturated rings. The number of benzene rings is 2. The molecule has 8 nitrogen and oxygen atoms in total. The van der Waals surface area contributed by atoms with Gasteiger partial charge in [-0.2, -0.15) is 5.26 Å². The van der Waals surface area contributed by atoms with E-state index in [2.05, 4.69) is 16.7 Å². The summed E-state index contributed by atoms with van der Waals surface area (Å²) in [5.74, 6) is -0.207. The fourth-order valence-corrected chi connectivity index (χ4v) is 3.76. The summed E-state index contributed by atoms with van der Waals surface area (Å²) in [5.41, 5.74) is 2.79. The average molecular weight is 478 g/mol. The Morgan fingerprint density at radius 3 is 2.40 bits per heavy atom. The van der Waals surface area contributed by atoms with E-state index in [9.17, 15) is 19.2 Å². The first-order valence-electron chi connectivity index (χ1n) is 11.1. The van der Waals surface area contributed by atoms with Gasteiger partial charge in [-0.25, -0.2) is 4.39 Å². The molecule has 0 aliphatic heterocycles. The maximum Gasteiger partial charge on any atom is 0.239 e. The molecule has 1 heterocycles. The summed E-state index contributed by atoms with van der Waals surface area (Å²) in [6.07, 6.45) is 0. The molecule has 3 aromatic rings. The van der Waals surface area contributed by atoms with E-state index in [0.717, 1.165) is 0 Å². The molecule has 0 unspecified atom stereocenters. The van der Waals surface area contributed by atoms with Gasteiger partial charge in [-0.3, -0.25) is 19.1 Å². The Bertz CT molecular complexity index is 1280. The second-order valence-corrected chi connectivity index (χ2v) is 7.99. The Balaban J connectivity index is 1.75. The number of methoxy groups -OCH3 is 1. The number of carbonyl (C=O) groups is 2.